The van der Waals surface area contributed by atoms with E-state index in [0.29, 0.717) is 12.6 Å². The lowest BCUT2D eigenvalue weighted by Gasteiger charge is -2.17. The molecule has 3 rings (SSSR count). The van der Waals surface area contributed by atoms with E-state index in [4.69, 9.17) is 4.42 Å². The van der Waals surface area contributed by atoms with Crippen LogP contribution in [0.5, 0.6) is 0 Å². The second kappa shape index (κ2) is 8.52. The minimum atomic E-state index is 0.522. The summed E-state index contributed by atoms with van der Waals surface area (Å²) in [6.07, 6.45) is 9.37. The zero-order valence-corrected chi connectivity index (χ0v) is 14.2. The van der Waals surface area contributed by atoms with Crippen LogP contribution >= 0.6 is 0 Å². The number of aryl methyl sites for hydroxylation is 1. The molecule has 7 nitrogen and oxygen atoms in total. The van der Waals surface area contributed by atoms with Crippen LogP contribution in [0.25, 0.3) is 0 Å². The highest BCUT2D eigenvalue weighted by molar-refractivity contribution is 5.80. The molecule has 0 atom stereocenters. The molecular formula is C17H26N6O. The van der Waals surface area contributed by atoms with E-state index in [0.717, 1.165) is 37.1 Å². The highest BCUT2D eigenvalue weighted by Gasteiger charge is 2.16. The lowest BCUT2D eigenvalue weighted by Crippen LogP contribution is -2.43. The van der Waals surface area contributed by atoms with Crippen molar-refractivity contribution in [3.8, 4) is 0 Å². The molecule has 1 aliphatic rings. The molecule has 7 heteroatoms. The van der Waals surface area contributed by atoms with Crippen molar-refractivity contribution in [2.75, 3.05) is 6.54 Å². The number of aliphatic imine (C=N–C) groups is 1. The lowest BCUT2D eigenvalue weighted by atomic mass is 10.2. The fraction of sp³-hybridized carbons (Fsp3) is 0.588. The Kier molecular flexibility index (Phi) is 5.87. The lowest BCUT2D eigenvalue weighted by molar-refractivity contribution is 0.510. The molecule has 130 valence electrons. The first-order valence-electron chi connectivity index (χ1n) is 8.79. The predicted octanol–water partition coefficient (Wildman–Crippen LogP) is 2.11. The molecule has 0 unspecified atom stereocenters. The highest BCUT2D eigenvalue weighted by atomic mass is 16.3. The third-order valence-electron chi connectivity index (χ3n) is 4.33. The van der Waals surface area contributed by atoms with Gasteiger partial charge < -0.3 is 19.6 Å². The third kappa shape index (κ3) is 4.59. The van der Waals surface area contributed by atoms with Crippen molar-refractivity contribution < 1.29 is 4.42 Å². The van der Waals surface area contributed by atoms with Crippen molar-refractivity contribution in [1.29, 1.82) is 0 Å². The highest BCUT2D eigenvalue weighted by Crippen LogP contribution is 2.17. The van der Waals surface area contributed by atoms with Crippen molar-refractivity contribution >= 4 is 5.96 Å². The number of aromatic nitrogens is 3. The maximum atomic E-state index is 5.36. The number of nitrogens with one attached hydrogen (secondary N) is 2. The van der Waals surface area contributed by atoms with Gasteiger partial charge in [0.1, 0.15) is 24.5 Å². The van der Waals surface area contributed by atoms with Gasteiger partial charge in [-0.1, -0.05) is 19.8 Å². The Balaban J connectivity index is 1.55. The summed E-state index contributed by atoms with van der Waals surface area (Å²) >= 11 is 0. The molecule has 2 N–H and O–H groups in total. The van der Waals surface area contributed by atoms with Gasteiger partial charge in [-0.25, -0.2) is 4.99 Å². The van der Waals surface area contributed by atoms with Crippen LogP contribution in [0.4, 0.5) is 0 Å². The van der Waals surface area contributed by atoms with Gasteiger partial charge in [0.2, 0.25) is 0 Å². The molecule has 2 aromatic heterocycles. The monoisotopic (exact) mass is 330 g/mol. The van der Waals surface area contributed by atoms with Crippen LogP contribution in [0.15, 0.2) is 34.1 Å². The average molecular weight is 330 g/mol. The van der Waals surface area contributed by atoms with Crippen molar-refractivity contribution in [1.82, 2.24) is 25.4 Å². The molecule has 0 radical (unpaired) electrons. The summed E-state index contributed by atoms with van der Waals surface area (Å²) in [6, 6.07) is 4.36. The van der Waals surface area contributed by atoms with Crippen molar-refractivity contribution in [2.45, 2.75) is 58.2 Å². The van der Waals surface area contributed by atoms with Gasteiger partial charge in [0.05, 0.1) is 6.26 Å². The molecule has 1 fully saturated rings. The quantitative estimate of drug-likeness (QED) is 0.600. The number of hydrogen-bond donors (Lipinski definition) is 2. The normalized spacial score (nSPS) is 15.8. The van der Waals surface area contributed by atoms with Gasteiger partial charge >= 0.3 is 0 Å². The molecule has 1 aliphatic carbocycles. The maximum Gasteiger partial charge on any atom is 0.191 e. The smallest absolute Gasteiger partial charge is 0.191 e. The summed E-state index contributed by atoms with van der Waals surface area (Å²) in [5, 5.41) is 15.0. The Labute approximate surface area is 142 Å². The fourth-order valence-corrected chi connectivity index (χ4v) is 3.01. The van der Waals surface area contributed by atoms with Gasteiger partial charge in [-0.3, -0.25) is 0 Å². The maximum absolute atomic E-state index is 5.36. The van der Waals surface area contributed by atoms with Crippen molar-refractivity contribution in [3.05, 3.63) is 36.3 Å². The van der Waals surface area contributed by atoms with Crippen LogP contribution in [0.1, 0.15) is 44.2 Å². The SMILES string of the molecule is CCc1nncn1CCNC(=NCc1ccco1)NC1CCCC1. The zero-order valence-electron chi connectivity index (χ0n) is 14.2. The van der Waals surface area contributed by atoms with Crippen LogP contribution in [-0.2, 0) is 19.5 Å². The van der Waals surface area contributed by atoms with Gasteiger partial charge in [0.25, 0.3) is 0 Å². The average Bonchev–Trinajstić information content (AvgIpc) is 3.34. The first-order chi connectivity index (χ1) is 11.8. The van der Waals surface area contributed by atoms with E-state index in [9.17, 15) is 0 Å². The molecule has 0 amide bonds. The van der Waals surface area contributed by atoms with Gasteiger partial charge in [0.15, 0.2) is 5.96 Å². The van der Waals surface area contributed by atoms with Crippen LogP contribution in [-0.4, -0.2) is 33.3 Å². The Morgan fingerprint density at radius 1 is 1.42 bits per heavy atom. The van der Waals surface area contributed by atoms with Gasteiger partial charge in [-0.15, -0.1) is 10.2 Å². The number of hydrogen-bond acceptors (Lipinski definition) is 4. The second-order valence-electron chi connectivity index (χ2n) is 6.09. The zero-order chi connectivity index (χ0) is 16.6. The molecule has 0 bridgehead atoms. The summed E-state index contributed by atoms with van der Waals surface area (Å²) in [7, 11) is 0. The standard InChI is InChI=1S/C17H26N6O/c1-2-16-22-20-13-23(16)10-9-18-17(21-14-6-3-4-7-14)19-12-15-8-5-11-24-15/h5,8,11,13-14H,2-4,6-7,9-10,12H2,1H3,(H2,18,19,21). The third-order valence-corrected chi connectivity index (χ3v) is 4.33. The number of rotatable bonds is 7. The predicted molar refractivity (Wildman–Crippen MR) is 92.6 cm³/mol. The fourth-order valence-electron chi connectivity index (χ4n) is 3.01. The van der Waals surface area contributed by atoms with Crippen molar-refractivity contribution in [3.63, 3.8) is 0 Å². The molecule has 2 aromatic rings. The minimum Gasteiger partial charge on any atom is -0.467 e. The van der Waals surface area contributed by atoms with Gasteiger partial charge in [-0.2, -0.15) is 0 Å². The molecule has 0 spiro atoms. The topological polar surface area (TPSA) is 80.3 Å². The van der Waals surface area contributed by atoms with E-state index in [-0.39, 0.29) is 0 Å². The number of nitrogens with zero attached hydrogens (tertiary/aromatic N) is 4. The van der Waals surface area contributed by atoms with E-state index < -0.39 is 0 Å². The first-order valence-corrected chi connectivity index (χ1v) is 8.79. The second-order valence-corrected chi connectivity index (χ2v) is 6.09. The Morgan fingerprint density at radius 3 is 3.04 bits per heavy atom. The largest absolute Gasteiger partial charge is 0.467 e. The summed E-state index contributed by atoms with van der Waals surface area (Å²) < 4.78 is 7.44. The summed E-state index contributed by atoms with van der Waals surface area (Å²) in [6.45, 7) is 4.23. The molecule has 24 heavy (non-hydrogen) atoms. The number of furan rings is 1. The van der Waals surface area contributed by atoms with E-state index in [1.807, 2.05) is 12.1 Å². The van der Waals surface area contributed by atoms with E-state index >= 15 is 0 Å². The Bertz CT molecular complexity index is 627. The van der Waals surface area contributed by atoms with Gasteiger partial charge in [-0.05, 0) is 25.0 Å². The van der Waals surface area contributed by atoms with E-state index in [2.05, 4.69) is 37.3 Å². The summed E-state index contributed by atoms with van der Waals surface area (Å²) in [5.41, 5.74) is 0. The molecule has 0 aliphatic heterocycles. The minimum absolute atomic E-state index is 0.522. The first kappa shape index (κ1) is 16.5. The van der Waals surface area contributed by atoms with Gasteiger partial charge in [0, 0.05) is 25.6 Å². The molecule has 0 saturated heterocycles. The summed E-state index contributed by atoms with van der Waals surface area (Å²) in [5.74, 6) is 2.73. The molecule has 1 saturated carbocycles. The van der Waals surface area contributed by atoms with E-state index in [1.54, 1.807) is 12.6 Å². The Hall–Kier alpha value is -2.31. The number of guanidine groups is 1. The molecule has 2 heterocycles. The van der Waals surface area contributed by atoms with Crippen LogP contribution < -0.4 is 10.6 Å². The van der Waals surface area contributed by atoms with Crippen LogP contribution in [0.2, 0.25) is 0 Å². The molecular weight excluding hydrogens is 304 g/mol. The summed E-state index contributed by atoms with van der Waals surface area (Å²) in [4.78, 5) is 4.65. The van der Waals surface area contributed by atoms with Crippen molar-refractivity contribution in [2.24, 2.45) is 4.99 Å². The van der Waals surface area contributed by atoms with Crippen LogP contribution in [0, 0.1) is 0 Å². The molecule has 0 aromatic carbocycles. The van der Waals surface area contributed by atoms with E-state index in [1.165, 1.54) is 25.7 Å². The van der Waals surface area contributed by atoms with Crippen LogP contribution in [0.3, 0.4) is 0 Å². The Morgan fingerprint density at radius 2 is 2.29 bits per heavy atom.